The van der Waals surface area contributed by atoms with Crippen LogP contribution in [-0.4, -0.2) is 44.9 Å². The van der Waals surface area contributed by atoms with E-state index in [4.69, 9.17) is 9.47 Å². The molecule has 1 heterocycles. The maximum Gasteiger partial charge on any atom is 0.243 e. The molecule has 0 unspecified atom stereocenters. The molecule has 0 radical (unpaired) electrons. The Balaban J connectivity index is 1.75. The molecule has 0 fully saturated rings. The first-order chi connectivity index (χ1) is 13.3. The quantitative estimate of drug-likeness (QED) is 0.800. The Hall–Kier alpha value is -2.58. The van der Waals surface area contributed by atoms with Crippen LogP contribution in [0.25, 0.3) is 0 Å². The number of anilines is 1. The Labute approximate surface area is 165 Å². The molecule has 1 amide bonds. The van der Waals surface area contributed by atoms with Crippen LogP contribution in [0.1, 0.15) is 18.1 Å². The predicted octanol–water partition coefficient (Wildman–Crippen LogP) is 2.72. The summed E-state index contributed by atoms with van der Waals surface area (Å²) >= 11 is 0. The van der Waals surface area contributed by atoms with Crippen molar-refractivity contribution in [1.29, 1.82) is 0 Å². The molecule has 0 saturated carbocycles. The molecule has 1 aliphatic heterocycles. The van der Waals surface area contributed by atoms with Crippen molar-refractivity contribution in [3.63, 3.8) is 0 Å². The Bertz CT molecular complexity index is 988. The summed E-state index contributed by atoms with van der Waals surface area (Å²) in [5, 5.41) is 2.73. The number of nitrogens with one attached hydrogen (secondary N) is 1. The lowest BCUT2D eigenvalue weighted by Crippen LogP contribution is -2.38. The minimum absolute atomic E-state index is 0.185. The van der Waals surface area contributed by atoms with Crippen molar-refractivity contribution in [2.75, 3.05) is 31.6 Å². The van der Waals surface area contributed by atoms with Crippen molar-refractivity contribution in [3.8, 4) is 11.5 Å². The van der Waals surface area contributed by atoms with Crippen LogP contribution >= 0.6 is 0 Å². The maximum atomic E-state index is 13.0. The lowest BCUT2D eigenvalue weighted by Gasteiger charge is -2.22. The van der Waals surface area contributed by atoms with Crippen LogP contribution in [0.2, 0.25) is 0 Å². The van der Waals surface area contributed by atoms with Gasteiger partial charge < -0.3 is 14.8 Å². The van der Waals surface area contributed by atoms with E-state index in [-0.39, 0.29) is 18.0 Å². The van der Waals surface area contributed by atoms with Crippen LogP contribution in [-0.2, 0) is 14.8 Å². The third-order valence-electron chi connectivity index (χ3n) is 4.46. The SMILES string of the molecule is CCN(CC(=O)Nc1ccc2c(c1)OCCO2)S(=O)(=O)c1cc(C)ccc1C. The van der Waals surface area contributed by atoms with E-state index in [1.165, 1.54) is 4.31 Å². The number of likely N-dealkylation sites (N-methyl/N-ethyl adjacent to an activating group) is 1. The highest BCUT2D eigenvalue weighted by atomic mass is 32.2. The van der Waals surface area contributed by atoms with Gasteiger partial charge in [-0.25, -0.2) is 8.42 Å². The number of hydrogen-bond acceptors (Lipinski definition) is 5. The molecule has 0 atom stereocenters. The number of nitrogens with zero attached hydrogens (tertiary/aromatic N) is 1. The third-order valence-corrected chi connectivity index (χ3v) is 6.52. The van der Waals surface area contributed by atoms with Gasteiger partial charge in [0.05, 0.1) is 11.4 Å². The molecular formula is C20H24N2O5S. The minimum atomic E-state index is -3.78. The number of amides is 1. The Morgan fingerprint density at radius 3 is 2.50 bits per heavy atom. The van der Waals surface area contributed by atoms with Gasteiger partial charge in [0.15, 0.2) is 11.5 Å². The Morgan fingerprint density at radius 2 is 1.79 bits per heavy atom. The number of ether oxygens (including phenoxy) is 2. The summed E-state index contributed by atoms with van der Waals surface area (Å²) in [6.45, 7) is 6.13. The molecule has 0 saturated heterocycles. The van der Waals surface area contributed by atoms with Crippen LogP contribution < -0.4 is 14.8 Å². The fourth-order valence-electron chi connectivity index (χ4n) is 2.97. The van der Waals surface area contributed by atoms with Crippen molar-refractivity contribution >= 4 is 21.6 Å². The lowest BCUT2D eigenvalue weighted by atomic mass is 10.2. The summed E-state index contributed by atoms with van der Waals surface area (Å²) in [6, 6.07) is 10.3. The fourth-order valence-corrected chi connectivity index (χ4v) is 4.69. The average molecular weight is 404 g/mol. The number of hydrogen-bond donors (Lipinski definition) is 1. The number of fused-ring (bicyclic) bond motifs is 1. The minimum Gasteiger partial charge on any atom is -0.486 e. The van der Waals surface area contributed by atoms with Crippen LogP contribution in [0.15, 0.2) is 41.3 Å². The molecule has 0 bridgehead atoms. The molecule has 0 aromatic heterocycles. The molecule has 3 rings (SSSR count). The zero-order valence-electron chi connectivity index (χ0n) is 16.2. The van der Waals surface area contributed by atoms with E-state index in [1.807, 2.05) is 13.0 Å². The number of carbonyl (C=O) groups is 1. The van der Waals surface area contributed by atoms with E-state index in [2.05, 4.69) is 5.32 Å². The van der Waals surface area contributed by atoms with Gasteiger partial charge in [0.1, 0.15) is 13.2 Å². The van der Waals surface area contributed by atoms with E-state index in [9.17, 15) is 13.2 Å². The van der Waals surface area contributed by atoms with Gasteiger partial charge in [-0.1, -0.05) is 19.1 Å². The Kier molecular flexibility index (Phi) is 5.90. The van der Waals surface area contributed by atoms with Gasteiger partial charge in [-0.3, -0.25) is 4.79 Å². The molecule has 7 nitrogen and oxygen atoms in total. The zero-order chi connectivity index (χ0) is 20.3. The van der Waals surface area contributed by atoms with Crippen molar-refractivity contribution in [2.24, 2.45) is 0 Å². The fraction of sp³-hybridized carbons (Fsp3) is 0.350. The molecule has 0 aliphatic carbocycles. The van der Waals surface area contributed by atoms with Crippen LogP contribution in [0.3, 0.4) is 0 Å². The van der Waals surface area contributed by atoms with Gasteiger partial charge in [-0.15, -0.1) is 0 Å². The average Bonchev–Trinajstić information content (AvgIpc) is 2.67. The van der Waals surface area contributed by atoms with E-state index < -0.39 is 15.9 Å². The molecule has 28 heavy (non-hydrogen) atoms. The van der Waals surface area contributed by atoms with E-state index >= 15 is 0 Å². The lowest BCUT2D eigenvalue weighted by molar-refractivity contribution is -0.116. The number of rotatable bonds is 6. The van der Waals surface area contributed by atoms with E-state index in [0.29, 0.717) is 36.0 Å². The highest BCUT2D eigenvalue weighted by Gasteiger charge is 2.27. The molecule has 1 N–H and O–H groups in total. The van der Waals surface area contributed by atoms with Gasteiger partial charge >= 0.3 is 0 Å². The smallest absolute Gasteiger partial charge is 0.243 e. The van der Waals surface area contributed by atoms with Crippen LogP contribution in [0.4, 0.5) is 5.69 Å². The molecule has 1 aliphatic rings. The van der Waals surface area contributed by atoms with Crippen LogP contribution in [0.5, 0.6) is 11.5 Å². The highest BCUT2D eigenvalue weighted by molar-refractivity contribution is 7.89. The largest absolute Gasteiger partial charge is 0.486 e. The van der Waals surface area contributed by atoms with Crippen molar-refractivity contribution in [2.45, 2.75) is 25.7 Å². The third kappa shape index (κ3) is 4.28. The zero-order valence-corrected chi connectivity index (χ0v) is 17.0. The first kappa shape index (κ1) is 20.2. The van der Waals surface area contributed by atoms with Crippen molar-refractivity contribution in [1.82, 2.24) is 4.31 Å². The highest BCUT2D eigenvalue weighted by Crippen LogP contribution is 2.32. The van der Waals surface area contributed by atoms with Gasteiger partial charge in [-0.05, 0) is 43.2 Å². The maximum absolute atomic E-state index is 13.0. The number of benzene rings is 2. The summed E-state index contributed by atoms with van der Waals surface area (Å²) in [4.78, 5) is 12.7. The van der Waals surface area contributed by atoms with Crippen LogP contribution in [0, 0.1) is 13.8 Å². The molecule has 2 aromatic carbocycles. The Morgan fingerprint density at radius 1 is 1.07 bits per heavy atom. The summed E-state index contributed by atoms with van der Waals surface area (Å²) in [5.74, 6) is 0.753. The first-order valence-electron chi connectivity index (χ1n) is 9.08. The summed E-state index contributed by atoms with van der Waals surface area (Å²) < 4.78 is 38.2. The monoisotopic (exact) mass is 404 g/mol. The topological polar surface area (TPSA) is 84.9 Å². The molecule has 2 aromatic rings. The van der Waals surface area contributed by atoms with Crippen molar-refractivity contribution in [3.05, 3.63) is 47.5 Å². The number of carbonyl (C=O) groups excluding carboxylic acids is 1. The predicted molar refractivity (Wildman–Crippen MR) is 106 cm³/mol. The second-order valence-electron chi connectivity index (χ2n) is 6.61. The second kappa shape index (κ2) is 8.20. The number of aryl methyl sites for hydroxylation is 2. The summed E-state index contributed by atoms with van der Waals surface area (Å²) in [6.07, 6.45) is 0. The molecule has 0 spiro atoms. The summed E-state index contributed by atoms with van der Waals surface area (Å²) in [7, 11) is -3.78. The van der Waals surface area contributed by atoms with Gasteiger partial charge in [0.2, 0.25) is 15.9 Å². The normalized spacial score (nSPS) is 13.4. The number of sulfonamides is 1. The second-order valence-corrected chi connectivity index (χ2v) is 8.51. The van der Waals surface area contributed by atoms with E-state index in [1.54, 1.807) is 44.2 Å². The van der Waals surface area contributed by atoms with Crippen molar-refractivity contribution < 1.29 is 22.7 Å². The van der Waals surface area contributed by atoms with E-state index in [0.717, 1.165) is 5.56 Å². The van der Waals surface area contributed by atoms with Gasteiger partial charge in [0.25, 0.3) is 0 Å². The molecule has 150 valence electrons. The molecular weight excluding hydrogens is 380 g/mol. The summed E-state index contributed by atoms with van der Waals surface area (Å²) in [5.41, 5.74) is 2.02. The molecule has 8 heteroatoms. The first-order valence-corrected chi connectivity index (χ1v) is 10.5. The van der Waals surface area contributed by atoms with Gasteiger partial charge in [-0.2, -0.15) is 4.31 Å². The standard InChI is InChI=1S/C20H24N2O5S/c1-4-22(28(24,25)19-11-14(2)5-6-15(19)3)13-20(23)21-16-7-8-17-18(12-16)27-10-9-26-17/h5-8,11-12H,4,9-10,13H2,1-3H3,(H,21,23). The van der Waals surface area contributed by atoms with Gasteiger partial charge in [0, 0.05) is 18.3 Å².